The van der Waals surface area contributed by atoms with E-state index >= 15 is 0 Å². The molecule has 0 radical (unpaired) electrons. The smallest absolute Gasteiger partial charge is 0.274 e. The molecule has 3 amide bonds. The van der Waals surface area contributed by atoms with Gasteiger partial charge in [0.05, 0.1) is 12.9 Å². The predicted molar refractivity (Wildman–Crippen MR) is 119 cm³/mol. The molecule has 2 heterocycles. The number of nitrogens with one attached hydrogen (secondary N) is 2. The number of nitrogens with zero attached hydrogens (tertiary/aromatic N) is 4. The maximum absolute atomic E-state index is 13.6. The standard InChI is InChI=1S/C23H29FN6O3/c1-23(22(33)26-12-15-4-6-16(24)7-5-15)13-29-14-27-18(20(31)25-10-11-28(2)3)19(29)21(32)30(23)17-8-9-17/h4-7,14,17H,8-13H2,1-3H3,(H,25,31)(H,26,33)/t23-/m0/s1. The molecule has 1 aromatic heterocycles. The number of carbonyl (C=O) groups is 3. The van der Waals surface area contributed by atoms with Crippen LogP contribution in [0, 0.1) is 5.82 Å². The molecular formula is C23H29FN6O3. The Hall–Kier alpha value is -3.27. The number of halogens is 1. The highest BCUT2D eigenvalue weighted by molar-refractivity contribution is 6.07. The fourth-order valence-corrected chi connectivity index (χ4v) is 4.17. The summed E-state index contributed by atoms with van der Waals surface area (Å²) in [5.41, 5.74) is -0.0790. The summed E-state index contributed by atoms with van der Waals surface area (Å²) in [5, 5.41) is 5.69. The van der Waals surface area contributed by atoms with Crippen LogP contribution in [0.5, 0.6) is 0 Å². The van der Waals surface area contributed by atoms with Crippen molar-refractivity contribution < 1.29 is 18.8 Å². The van der Waals surface area contributed by atoms with Crippen molar-refractivity contribution in [2.24, 2.45) is 0 Å². The van der Waals surface area contributed by atoms with Gasteiger partial charge in [-0.15, -0.1) is 0 Å². The quantitative estimate of drug-likeness (QED) is 0.618. The predicted octanol–water partition coefficient (Wildman–Crippen LogP) is 1.01. The summed E-state index contributed by atoms with van der Waals surface area (Å²) >= 11 is 0. The monoisotopic (exact) mass is 456 g/mol. The topological polar surface area (TPSA) is 99.6 Å². The van der Waals surface area contributed by atoms with Gasteiger partial charge in [0.2, 0.25) is 5.91 Å². The highest BCUT2D eigenvalue weighted by Crippen LogP contribution is 2.38. The summed E-state index contributed by atoms with van der Waals surface area (Å²) in [4.78, 5) is 47.3. The third-order valence-corrected chi connectivity index (χ3v) is 6.10. The highest BCUT2D eigenvalue weighted by atomic mass is 19.1. The Labute approximate surface area is 191 Å². The third-order valence-electron chi connectivity index (χ3n) is 6.10. The molecule has 1 aliphatic carbocycles. The average Bonchev–Trinajstić information content (AvgIpc) is 3.50. The van der Waals surface area contributed by atoms with Gasteiger partial charge in [0.1, 0.15) is 17.1 Å². The van der Waals surface area contributed by atoms with E-state index in [-0.39, 0.29) is 48.2 Å². The second kappa shape index (κ2) is 8.93. The summed E-state index contributed by atoms with van der Waals surface area (Å²) < 4.78 is 14.8. The van der Waals surface area contributed by atoms with Crippen LogP contribution in [-0.2, 0) is 17.9 Å². The number of imidazole rings is 1. The van der Waals surface area contributed by atoms with E-state index in [2.05, 4.69) is 15.6 Å². The molecule has 1 aliphatic heterocycles. The minimum atomic E-state index is -1.13. The fraction of sp³-hybridized carbons (Fsp3) is 0.478. The molecule has 4 rings (SSSR count). The normalized spacial score (nSPS) is 20.0. The highest BCUT2D eigenvalue weighted by Gasteiger charge is 2.53. The van der Waals surface area contributed by atoms with Crippen LogP contribution in [0.25, 0.3) is 0 Å². The molecule has 0 saturated heterocycles. The maximum atomic E-state index is 13.6. The van der Waals surface area contributed by atoms with Crippen molar-refractivity contribution in [2.45, 2.75) is 44.4 Å². The maximum Gasteiger partial charge on any atom is 0.274 e. The SMILES string of the molecule is CN(C)CCNC(=O)c1ncn2c1C(=O)N(C1CC1)[C@](C)(C(=O)NCc1ccc(F)cc1)C2. The van der Waals surface area contributed by atoms with Crippen molar-refractivity contribution in [1.82, 2.24) is 30.0 Å². The Morgan fingerprint density at radius 1 is 1.21 bits per heavy atom. The lowest BCUT2D eigenvalue weighted by molar-refractivity contribution is -0.133. The van der Waals surface area contributed by atoms with E-state index in [0.29, 0.717) is 13.1 Å². The minimum Gasteiger partial charge on any atom is -0.350 e. The second-order valence-corrected chi connectivity index (χ2v) is 9.12. The Morgan fingerprint density at radius 3 is 2.55 bits per heavy atom. The molecule has 1 atom stereocenters. The van der Waals surface area contributed by atoms with Crippen molar-refractivity contribution in [3.05, 3.63) is 53.4 Å². The molecule has 1 fully saturated rings. The first kappa shape index (κ1) is 22.9. The zero-order valence-electron chi connectivity index (χ0n) is 19.1. The zero-order valence-corrected chi connectivity index (χ0v) is 19.1. The van der Waals surface area contributed by atoms with Gasteiger partial charge in [0.25, 0.3) is 11.8 Å². The van der Waals surface area contributed by atoms with Gasteiger partial charge in [-0.2, -0.15) is 0 Å². The molecule has 33 heavy (non-hydrogen) atoms. The first-order valence-electron chi connectivity index (χ1n) is 11.0. The molecule has 0 spiro atoms. The van der Waals surface area contributed by atoms with Crippen LogP contribution in [0.3, 0.4) is 0 Å². The first-order valence-corrected chi connectivity index (χ1v) is 11.0. The number of carbonyl (C=O) groups excluding carboxylic acids is 3. The largest absolute Gasteiger partial charge is 0.350 e. The molecule has 2 aliphatic rings. The molecule has 9 nitrogen and oxygen atoms in total. The number of amides is 3. The van der Waals surface area contributed by atoms with Crippen molar-refractivity contribution >= 4 is 17.7 Å². The lowest BCUT2D eigenvalue weighted by Crippen LogP contribution is -2.64. The Kier molecular flexibility index (Phi) is 6.20. The van der Waals surface area contributed by atoms with Crippen LogP contribution >= 0.6 is 0 Å². The van der Waals surface area contributed by atoms with E-state index < -0.39 is 11.4 Å². The van der Waals surface area contributed by atoms with Gasteiger partial charge in [-0.1, -0.05) is 12.1 Å². The van der Waals surface area contributed by atoms with Gasteiger partial charge < -0.3 is 25.0 Å². The summed E-state index contributed by atoms with van der Waals surface area (Å²) in [6.07, 6.45) is 3.07. The lowest BCUT2D eigenvalue weighted by Gasteiger charge is -2.44. The molecular weight excluding hydrogens is 427 g/mol. The van der Waals surface area contributed by atoms with Crippen molar-refractivity contribution in [3.63, 3.8) is 0 Å². The molecule has 2 N–H and O–H groups in total. The molecule has 176 valence electrons. The van der Waals surface area contributed by atoms with Gasteiger partial charge in [-0.25, -0.2) is 9.37 Å². The number of fused-ring (bicyclic) bond motifs is 1. The summed E-state index contributed by atoms with van der Waals surface area (Å²) in [7, 11) is 3.81. The van der Waals surface area contributed by atoms with E-state index in [4.69, 9.17) is 0 Å². The van der Waals surface area contributed by atoms with Crippen LogP contribution in [0.4, 0.5) is 4.39 Å². The summed E-state index contributed by atoms with van der Waals surface area (Å²) in [6.45, 7) is 3.25. The van der Waals surface area contributed by atoms with E-state index in [9.17, 15) is 18.8 Å². The lowest BCUT2D eigenvalue weighted by atomic mass is 9.93. The van der Waals surface area contributed by atoms with Crippen LogP contribution in [0.2, 0.25) is 0 Å². The van der Waals surface area contributed by atoms with Crippen LogP contribution in [-0.4, -0.2) is 75.8 Å². The average molecular weight is 457 g/mol. The van der Waals surface area contributed by atoms with E-state index in [1.807, 2.05) is 19.0 Å². The van der Waals surface area contributed by atoms with Crippen LogP contribution in [0.15, 0.2) is 30.6 Å². The first-order chi connectivity index (χ1) is 15.7. The molecule has 0 bridgehead atoms. The van der Waals surface area contributed by atoms with Crippen molar-refractivity contribution in [1.29, 1.82) is 0 Å². The van der Waals surface area contributed by atoms with E-state index in [1.54, 1.807) is 28.5 Å². The molecule has 10 heteroatoms. The fourth-order valence-electron chi connectivity index (χ4n) is 4.17. The second-order valence-electron chi connectivity index (χ2n) is 9.12. The molecule has 0 unspecified atom stereocenters. The molecule has 1 saturated carbocycles. The number of aromatic nitrogens is 2. The molecule has 2 aromatic rings. The van der Waals surface area contributed by atoms with Crippen molar-refractivity contribution in [2.75, 3.05) is 27.2 Å². The van der Waals surface area contributed by atoms with Crippen molar-refractivity contribution in [3.8, 4) is 0 Å². The van der Waals surface area contributed by atoms with Gasteiger partial charge in [-0.05, 0) is 51.6 Å². The Bertz CT molecular complexity index is 1060. The third kappa shape index (κ3) is 4.61. The summed E-state index contributed by atoms with van der Waals surface area (Å²) in [5.74, 6) is -1.41. The molecule has 1 aromatic carbocycles. The van der Waals surface area contributed by atoms with Crippen LogP contribution in [0.1, 0.15) is 46.3 Å². The number of likely N-dealkylation sites (N-methyl/N-ethyl adjacent to an activating group) is 1. The zero-order chi connectivity index (χ0) is 23.8. The minimum absolute atomic E-state index is 0.0487. The summed E-state index contributed by atoms with van der Waals surface area (Å²) in [6, 6.07) is 5.85. The Balaban J connectivity index is 1.55. The van der Waals surface area contributed by atoms with Gasteiger partial charge in [0.15, 0.2) is 5.69 Å². The van der Waals surface area contributed by atoms with Gasteiger partial charge in [0, 0.05) is 25.7 Å². The Morgan fingerprint density at radius 2 is 1.91 bits per heavy atom. The number of benzene rings is 1. The van der Waals surface area contributed by atoms with Gasteiger partial charge in [-0.3, -0.25) is 14.4 Å². The van der Waals surface area contributed by atoms with Gasteiger partial charge >= 0.3 is 0 Å². The number of rotatable bonds is 8. The number of hydrogen-bond donors (Lipinski definition) is 2. The van der Waals surface area contributed by atoms with Crippen LogP contribution < -0.4 is 10.6 Å². The van der Waals surface area contributed by atoms with E-state index in [1.165, 1.54) is 18.5 Å². The number of hydrogen-bond acceptors (Lipinski definition) is 5. The van der Waals surface area contributed by atoms with E-state index in [0.717, 1.165) is 18.4 Å².